The van der Waals surface area contributed by atoms with Gasteiger partial charge in [-0.25, -0.2) is 19.3 Å². The number of hydrogen-bond acceptors (Lipinski definition) is 5. The number of carbonyl (C=O) groups is 1. The summed E-state index contributed by atoms with van der Waals surface area (Å²) in [5.41, 5.74) is 7.08. The van der Waals surface area contributed by atoms with Crippen molar-refractivity contribution in [1.82, 2.24) is 24.3 Å². The average molecular weight is 470 g/mol. The molecule has 1 unspecified atom stereocenters. The lowest BCUT2D eigenvalue weighted by Gasteiger charge is -2.38. The third-order valence-electron chi connectivity index (χ3n) is 6.79. The average Bonchev–Trinajstić information content (AvgIpc) is 3.42. The first-order valence-electron chi connectivity index (χ1n) is 10.8. The van der Waals surface area contributed by atoms with Gasteiger partial charge in [0.2, 0.25) is 0 Å². The van der Waals surface area contributed by atoms with Crippen molar-refractivity contribution in [1.29, 1.82) is 0 Å². The molecule has 1 amide bonds. The maximum atomic E-state index is 15.1. The molecule has 1 aliphatic heterocycles. The van der Waals surface area contributed by atoms with Gasteiger partial charge in [-0.3, -0.25) is 9.20 Å². The Morgan fingerprint density at radius 1 is 1.15 bits per heavy atom. The Balaban J connectivity index is 1.43. The second-order valence-electron chi connectivity index (χ2n) is 8.75. The molecule has 2 N–H and O–H groups in total. The van der Waals surface area contributed by atoms with Gasteiger partial charge in [-0.15, -0.1) is 0 Å². The van der Waals surface area contributed by atoms with E-state index in [-0.39, 0.29) is 22.8 Å². The van der Waals surface area contributed by atoms with Gasteiger partial charge >= 0.3 is 6.18 Å². The van der Waals surface area contributed by atoms with Crippen molar-refractivity contribution in [2.45, 2.75) is 31.5 Å². The predicted octanol–water partition coefficient (Wildman–Crippen LogP) is 4.17. The number of fused-ring (bicyclic) bond motifs is 6. The minimum Gasteiger partial charge on any atom is -0.382 e. The number of rotatable bonds is 1. The van der Waals surface area contributed by atoms with Gasteiger partial charge in [-0.2, -0.15) is 13.2 Å². The molecule has 1 saturated heterocycles. The molecule has 174 valence electrons. The summed E-state index contributed by atoms with van der Waals surface area (Å²) in [6.07, 6.45) is 0.280. The van der Waals surface area contributed by atoms with E-state index in [0.29, 0.717) is 41.7 Å². The van der Waals surface area contributed by atoms with Gasteiger partial charge < -0.3 is 10.6 Å². The maximum absolute atomic E-state index is 15.1. The molecule has 0 spiro atoms. The molecule has 3 aromatic heterocycles. The van der Waals surface area contributed by atoms with Crippen LogP contribution in [0.15, 0.2) is 36.8 Å². The summed E-state index contributed by atoms with van der Waals surface area (Å²) in [7, 11) is 0. The van der Waals surface area contributed by atoms with Gasteiger partial charge in [-0.1, -0.05) is 6.07 Å². The SMILES string of the molecule is Nc1nc2cc(F)c(C(=O)N3CCC[C@@H]4Cc5nc(C(F)(F)F)ccc5C43)cc2n2cncc12. The standard InChI is InChI=1S/C23H18F4N6O/c24-14-8-16-17(33-10-29-9-18(33)21(28)31-16)7-13(14)22(34)32-5-1-2-11-6-15-12(20(11)32)3-4-19(30-15)23(25,26)27/h3-4,7-11,20H,1-2,5-6H2,(H2,28,31)/t11-,20?/m1/s1. The topological polar surface area (TPSA) is 89.4 Å². The lowest BCUT2D eigenvalue weighted by molar-refractivity contribution is -0.141. The van der Waals surface area contributed by atoms with E-state index in [2.05, 4.69) is 15.0 Å². The molecule has 0 radical (unpaired) electrons. The number of nitrogen functional groups attached to an aromatic ring is 1. The monoisotopic (exact) mass is 470 g/mol. The molecule has 11 heteroatoms. The van der Waals surface area contributed by atoms with Crippen LogP contribution in [0.3, 0.4) is 0 Å². The summed E-state index contributed by atoms with van der Waals surface area (Å²) in [5, 5.41) is 0. The molecule has 4 aromatic rings. The second kappa shape index (κ2) is 7.12. The van der Waals surface area contributed by atoms with Crippen LogP contribution in [-0.2, 0) is 12.6 Å². The Hall–Kier alpha value is -3.76. The molecule has 1 aromatic carbocycles. The lowest BCUT2D eigenvalue weighted by Crippen LogP contribution is -2.41. The number of carbonyl (C=O) groups excluding carboxylic acids is 1. The van der Waals surface area contributed by atoms with Crippen molar-refractivity contribution in [3.05, 3.63) is 65.1 Å². The van der Waals surface area contributed by atoms with Crippen LogP contribution in [0.5, 0.6) is 0 Å². The summed E-state index contributed by atoms with van der Waals surface area (Å²) >= 11 is 0. The largest absolute Gasteiger partial charge is 0.433 e. The van der Waals surface area contributed by atoms with Gasteiger partial charge in [-0.05, 0) is 42.9 Å². The summed E-state index contributed by atoms with van der Waals surface area (Å²) in [6.45, 7) is 0.373. The molecule has 34 heavy (non-hydrogen) atoms. The number of anilines is 1. The third-order valence-corrected chi connectivity index (χ3v) is 6.79. The van der Waals surface area contributed by atoms with E-state index in [1.165, 1.54) is 30.7 Å². The zero-order valence-corrected chi connectivity index (χ0v) is 17.7. The maximum Gasteiger partial charge on any atom is 0.433 e. The van der Waals surface area contributed by atoms with Crippen LogP contribution in [0.25, 0.3) is 16.6 Å². The number of halogens is 4. The highest BCUT2D eigenvalue weighted by Gasteiger charge is 2.44. The molecular formula is C23H18F4N6O. The van der Waals surface area contributed by atoms with Crippen LogP contribution in [0.2, 0.25) is 0 Å². The fourth-order valence-electron chi connectivity index (χ4n) is 5.31. The van der Waals surface area contributed by atoms with E-state index < -0.39 is 29.6 Å². The van der Waals surface area contributed by atoms with Gasteiger partial charge in [0.25, 0.3) is 5.91 Å². The first-order valence-corrected chi connectivity index (χ1v) is 10.8. The number of piperidine rings is 1. The van der Waals surface area contributed by atoms with Crippen molar-refractivity contribution in [3.8, 4) is 0 Å². The number of alkyl halides is 3. The third kappa shape index (κ3) is 3.02. The minimum atomic E-state index is -4.54. The Kier molecular flexibility index (Phi) is 4.36. The highest BCUT2D eigenvalue weighted by molar-refractivity contribution is 5.99. The van der Waals surface area contributed by atoms with Crippen molar-refractivity contribution in [2.24, 2.45) is 5.92 Å². The minimum absolute atomic E-state index is 0.0611. The molecule has 6 rings (SSSR count). The normalized spacial score (nSPS) is 20.1. The van der Waals surface area contributed by atoms with Crippen LogP contribution < -0.4 is 5.73 Å². The quantitative estimate of drug-likeness (QED) is 0.422. The predicted molar refractivity (Wildman–Crippen MR) is 114 cm³/mol. The number of hydrogen-bond donors (Lipinski definition) is 1. The van der Waals surface area contributed by atoms with Gasteiger partial charge in [0, 0.05) is 18.3 Å². The fourth-order valence-corrected chi connectivity index (χ4v) is 5.31. The highest BCUT2D eigenvalue weighted by atomic mass is 19.4. The Bertz CT molecular complexity index is 1480. The van der Waals surface area contributed by atoms with Crippen molar-refractivity contribution in [2.75, 3.05) is 12.3 Å². The summed E-state index contributed by atoms with van der Waals surface area (Å²) in [4.78, 5) is 27.3. The number of nitrogens with zero attached hydrogens (tertiary/aromatic N) is 5. The smallest absolute Gasteiger partial charge is 0.382 e. The number of aromatic nitrogens is 4. The van der Waals surface area contributed by atoms with E-state index >= 15 is 4.39 Å². The summed E-state index contributed by atoms with van der Waals surface area (Å²) in [6, 6.07) is 4.50. The van der Waals surface area contributed by atoms with E-state index in [1.807, 2.05) is 0 Å². The van der Waals surface area contributed by atoms with Crippen LogP contribution in [0, 0.1) is 11.7 Å². The second-order valence-corrected chi connectivity index (χ2v) is 8.75. The van der Waals surface area contributed by atoms with Crippen molar-refractivity contribution < 1.29 is 22.4 Å². The zero-order chi connectivity index (χ0) is 23.8. The number of pyridine rings is 1. The first-order chi connectivity index (χ1) is 16.2. The molecule has 2 aliphatic rings. The van der Waals surface area contributed by atoms with E-state index in [9.17, 15) is 18.0 Å². The van der Waals surface area contributed by atoms with Crippen molar-refractivity contribution >= 4 is 28.3 Å². The molecule has 1 fully saturated rings. The molecule has 0 saturated carbocycles. The van der Waals surface area contributed by atoms with Crippen LogP contribution in [0.1, 0.15) is 46.2 Å². The van der Waals surface area contributed by atoms with Crippen LogP contribution >= 0.6 is 0 Å². The molecule has 7 nitrogen and oxygen atoms in total. The fraction of sp³-hybridized carbons (Fsp3) is 0.304. The van der Waals surface area contributed by atoms with Gasteiger partial charge in [0.15, 0.2) is 0 Å². The zero-order valence-electron chi connectivity index (χ0n) is 17.7. The first kappa shape index (κ1) is 20.8. The lowest BCUT2D eigenvalue weighted by atomic mass is 9.89. The van der Waals surface area contributed by atoms with E-state index in [4.69, 9.17) is 5.73 Å². The molecule has 4 heterocycles. The molecule has 1 aliphatic carbocycles. The Labute approximate surface area is 190 Å². The van der Waals surface area contributed by atoms with E-state index in [0.717, 1.165) is 12.5 Å². The van der Waals surface area contributed by atoms with Crippen molar-refractivity contribution in [3.63, 3.8) is 0 Å². The Morgan fingerprint density at radius 2 is 1.97 bits per heavy atom. The molecule has 0 bridgehead atoms. The number of likely N-dealkylation sites (tertiary alicyclic amines) is 1. The summed E-state index contributed by atoms with van der Waals surface area (Å²) < 4.78 is 56.2. The molecule has 2 atom stereocenters. The van der Waals surface area contributed by atoms with E-state index in [1.54, 1.807) is 9.30 Å². The number of imidazole rings is 1. The number of benzene rings is 1. The highest BCUT2D eigenvalue weighted by Crippen LogP contribution is 2.46. The molecular weight excluding hydrogens is 452 g/mol. The van der Waals surface area contributed by atoms with Crippen LogP contribution in [-0.4, -0.2) is 36.7 Å². The van der Waals surface area contributed by atoms with Gasteiger partial charge in [0.1, 0.15) is 22.8 Å². The Morgan fingerprint density at radius 3 is 2.76 bits per heavy atom. The number of nitrogens with two attached hydrogens (primary N) is 1. The number of amides is 1. The van der Waals surface area contributed by atoms with Gasteiger partial charge in [0.05, 0.1) is 35.2 Å². The summed E-state index contributed by atoms with van der Waals surface area (Å²) in [5.74, 6) is -1.13. The van der Waals surface area contributed by atoms with Crippen LogP contribution in [0.4, 0.5) is 23.4 Å².